The fraction of sp³-hybridized carbons (Fsp3) is 0.276. The fourth-order valence-corrected chi connectivity index (χ4v) is 5.08. The Balaban J connectivity index is 1.65. The van der Waals surface area contributed by atoms with Gasteiger partial charge in [-0.3, -0.25) is 0 Å². The average molecular weight is 562 g/mol. The van der Waals surface area contributed by atoms with Gasteiger partial charge in [-0.1, -0.05) is 66.6 Å². The van der Waals surface area contributed by atoms with Crippen LogP contribution in [-0.2, 0) is 18.9 Å². The quantitative estimate of drug-likeness (QED) is 0.105. The van der Waals surface area contributed by atoms with Crippen LogP contribution in [0.1, 0.15) is 38.0 Å². The summed E-state index contributed by atoms with van der Waals surface area (Å²) < 4.78 is 23.4. The Morgan fingerprint density at radius 3 is 1.75 bits per heavy atom. The van der Waals surface area contributed by atoms with Crippen LogP contribution in [0.25, 0.3) is 10.4 Å². The molecule has 5 atom stereocenters. The minimum Gasteiger partial charge on any atom is -0.459 e. The number of thioether (sulfide) groups is 1. The Labute approximate surface area is 235 Å². The minimum absolute atomic E-state index is 0.258. The van der Waals surface area contributed by atoms with Crippen molar-refractivity contribution in [2.75, 3.05) is 12.4 Å². The molecule has 1 fully saturated rings. The number of carbonyl (C=O) groups excluding carboxylic acids is 3. The maximum atomic E-state index is 13.2. The first kappa shape index (κ1) is 28.7. The van der Waals surface area contributed by atoms with Crippen molar-refractivity contribution in [1.29, 1.82) is 0 Å². The summed E-state index contributed by atoms with van der Waals surface area (Å²) in [5, 5.41) is 3.86. The zero-order chi connectivity index (χ0) is 28.3. The second-order valence-corrected chi connectivity index (χ2v) is 10.0. The highest BCUT2D eigenvalue weighted by Crippen LogP contribution is 2.35. The topological polar surface area (TPSA) is 137 Å². The number of ether oxygens (including phenoxy) is 4. The van der Waals surface area contributed by atoms with E-state index in [1.807, 2.05) is 6.92 Å². The van der Waals surface area contributed by atoms with Gasteiger partial charge in [0.2, 0.25) is 0 Å². The summed E-state index contributed by atoms with van der Waals surface area (Å²) in [5.74, 6) is -1.40. The molecule has 11 heteroatoms. The molecule has 0 N–H and O–H groups in total. The molecular formula is C29H27N3O7S. The Kier molecular flexibility index (Phi) is 10.2. The van der Waals surface area contributed by atoms with Crippen LogP contribution in [0.15, 0.2) is 96.1 Å². The van der Waals surface area contributed by atoms with Gasteiger partial charge in [-0.25, -0.2) is 14.4 Å². The molecule has 1 saturated heterocycles. The van der Waals surface area contributed by atoms with Crippen LogP contribution in [0.2, 0.25) is 0 Å². The van der Waals surface area contributed by atoms with E-state index in [9.17, 15) is 19.9 Å². The molecule has 206 valence electrons. The van der Waals surface area contributed by atoms with Gasteiger partial charge in [0.05, 0.1) is 16.7 Å². The maximum Gasteiger partial charge on any atom is 0.338 e. The van der Waals surface area contributed by atoms with Crippen molar-refractivity contribution in [3.8, 4) is 0 Å². The highest BCUT2D eigenvalue weighted by Gasteiger charge is 2.50. The van der Waals surface area contributed by atoms with Crippen molar-refractivity contribution in [3.05, 3.63) is 118 Å². The first-order valence-corrected chi connectivity index (χ1v) is 13.6. The zero-order valence-electron chi connectivity index (χ0n) is 21.6. The van der Waals surface area contributed by atoms with E-state index in [1.54, 1.807) is 91.0 Å². The summed E-state index contributed by atoms with van der Waals surface area (Å²) in [4.78, 5) is 41.8. The summed E-state index contributed by atoms with van der Waals surface area (Å²) in [6, 6.07) is 23.8. The second-order valence-electron chi connectivity index (χ2n) is 8.63. The Morgan fingerprint density at radius 1 is 0.800 bits per heavy atom. The lowest BCUT2D eigenvalue weighted by atomic mass is 9.97. The Bertz CT molecular complexity index is 1340. The molecule has 0 aliphatic carbocycles. The van der Waals surface area contributed by atoms with Crippen molar-refractivity contribution in [3.63, 3.8) is 0 Å². The highest BCUT2D eigenvalue weighted by molar-refractivity contribution is 7.99. The van der Waals surface area contributed by atoms with Crippen molar-refractivity contribution in [1.82, 2.24) is 0 Å². The summed E-state index contributed by atoms with van der Waals surface area (Å²) in [6.45, 7) is 1.59. The third kappa shape index (κ3) is 7.20. The molecule has 1 aliphatic heterocycles. The van der Waals surface area contributed by atoms with Crippen molar-refractivity contribution in [2.45, 2.75) is 36.7 Å². The van der Waals surface area contributed by atoms with Crippen LogP contribution < -0.4 is 0 Å². The number of hydrogen-bond acceptors (Lipinski definition) is 9. The Morgan fingerprint density at radius 2 is 1.27 bits per heavy atom. The van der Waals surface area contributed by atoms with E-state index in [2.05, 4.69) is 10.0 Å². The smallest absolute Gasteiger partial charge is 0.338 e. The molecular weight excluding hydrogens is 534 g/mol. The van der Waals surface area contributed by atoms with E-state index in [0.717, 1.165) is 0 Å². The number of carbonyl (C=O) groups is 3. The van der Waals surface area contributed by atoms with Crippen LogP contribution in [0, 0.1) is 0 Å². The van der Waals surface area contributed by atoms with Gasteiger partial charge < -0.3 is 18.9 Å². The molecule has 40 heavy (non-hydrogen) atoms. The number of benzene rings is 3. The lowest BCUT2D eigenvalue weighted by Crippen LogP contribution is -2.59. The molecule has 0 amide bonds. The third-order valence-corrected chi connectivity index (χ3v) is 7.07. The van der Waals surface area contributed by atoms with E-state index < -0.39 is 47.7 Å². The zero-order valence-corrected chi connectivity index (χ0v) is 22.4. The van der Waals surface area contributed by atoms with Crippen LogP contribution >= 0.6 is 11.8 Å². The van der Waals surface area contributed by atoms with E-state index in [4.69, 9.17) is 18.9 Å². The SMILES string of the molecule is CCS[C@@H]1O[C@H](COC(=O)c2ccccc2)[C@@H](N=[N+]=[N-])[C@H](OC(=O)c2ccccc2)[C@H]1OC(=O)c1ccccc1. The summed E-state index contributed by atoms with van der Waals surface area (Å²) in [6.07, 6.45) is -3.37. The molecule has 3 aromatic rings. The third-order valence-electron chi connectivity index (χ3n) is 6.03. The second kappa shape index (κ2) is 14.2. The standard InChI is InChI=1S/C29H27N3O7S/c1-2-40-29-25(39-28(35)21-16-10-5-11-17-21)24(38-27(34)20-14-8-4-9-15-20)23(31-32-30)22(37-29)18-36-26(33)19-12-6-3-7-13-19/h3-17,22-25,29H,2,18H2,1H3/t22-,23-,24+,25-,29+/m1/s1. The van der Waals surface area contributed by atoms with E-state index in [1.165, 1.54) is 11.8 Å². The minimum atomic E-state index is -1.24. The lowest BCUT2D eigenvalue weighted by Gasteiger charge is -2.43. The lowest BCUT2D eigenvalue weighted by molar-refractivity contribution is -0.161. The summed E-state index contributed by atoms with van der Waals surface area (Å²) in [5.41, 5.74) is 9.47. The van der Waals surface area contributed by atoms with Crippen molar-refractivity contribution >= 4 is 29.7 Å². The molecule has 4 rings (SSSR count). The monoisotopic (exact) mass is 561 g/mol. The number of hydrogen-bond donors (Lipinski definition) is 0. The van der Waals surface area contributed by atoms with E-state index >= 15 is 0 Å². The van der Waals surface area contributed by atoms with Gasteiger partial charge in [0, 0.05) is 4.91 Å². The first-order valence-electron chi connectivity index (χ1n) is 12.6. The van der Waals surface area contributed by atoms with E-state index in [-0.39, 0.29) is 17.7 Å². The largest absolute Gasteiger partial charge is 0.459 e. The number of azide groups is 1. The normalized spacial score (nSPS) is 21.9. The summed E-state index contributed by atoms with van der Waals surface area (Å²) in [7, 11) is 0. The maximum absolute atomic E-state index is 13.2. The van der Waals surface area contributed by atoms with Crippen molar-refractivity contribution < 1.29 is 33.3 Å². The van der Waals surface area contributed by atoms with E-state index in [0.29, 0.717) is 11.3 Å². The van der Waals surface area contributed by atoms with Gasteiger partial charge in [-0.05, 0) is 47.7 Å². The Hall–Kier alpha value is -4.31. The predicted molar refractivity (Wildman–Crippen MR) is 148 cm³/mol. The van der Waals surface area contributed by atoms with Gasteiger partial charge in [0.1, 0.15) is 24.2 Å². The van der Waals surface area contributed by atoms with Gasteiger partial charge in [-0.2, -0.15) is 0 Å². The molecule has 1 heterocycles. The molecule has 0 saturated carbocycles. The van der Waals surface area contributed by atoms with Crippen LogP contribution in [0.4, 0.5) is 0 Å². The predicted octanol–water partition coefficient (Wildman–Crippen LogP) is 5.45. The van der Waals surface area contributed by atoms with Crippen LogP contribution in [-0.4, -0.2) is 60.1 Å². The molecule has 0 radical (unpaired) electrons. The molecule has 0 spiro atoms. The van der Waals surface area contributed by atoms with Gasteiger partial charge in [-0.15, -0.1) is 11.8 Å². The molecule has 10 nitrogen and oxygen atoms in total. The van der Waals surface area contributed by atoms with Gasteiger partial charge in [0.15, 0.2) is 12.2 Å². The molecule has 1 aliphatic rings. The number of rotatable bonds is 10. The van der Waals surface area contributed by atoms with Crippen LogP contribution in [0.5, 0.6) is 0 Å². The molecule has 0 aromatic heterocycles. The average Bonchev–Trinajstić information content (AvgIpc) is 3.00. The molecule has 0 bridgehead atoms. The fourth-order valence-electron chi connectivity index (χ4n) is 4.13. The molecule has 0 unspecified atom stereocenters. The molecule has 3 aromatic carbocycles. The highest BCUT2D eigenvalue weighted by atomic mass is 32.2. The first-order chi connectivity index (χ1) is 19.5. The van der Waals surface area contributed by atoms with Crippen LogP contribution in [0.3, 0.4) is 0 Å². The number of esters is 3. The van der Waals surface area contributed by atoms with Crippen molar-refractivity contribution in [2.24, 2.45) is 5.11 Å². The summed E-state index contributed by atoms with van der Waals surface area (Å²) >= 11 is 1.31. The van der Waals surface area contributed by atoms with Gasteiger partial charge >= 0.3 is 17.9 Å². The van der Waals surface area contributed by atoms with Gasteiger partial charge in [0.25, 0.3) is 0 Å². The number of nitrogens with zero attached hydrogens (tertiary/aromatic N) is 3.